The van der Waals surface area contributed by atoms with Crippen molar-refractivity contribution in [1.29, 1.82) is 0 Å². The minimum absolute atomic E-state index is 0.102. The van der Waals surface area contributed by atoms with Crippen LogP contribution in [0, 0.1) is 5.92 Å². The minimum Gasteiger partial charge on any atom is -0.380 e. The highest BCUT2D eigenvalue weighted by molar-refractivity contribution is 5.88. The largest absolute Gasteiger partial charge is 0.416 e. The first kappa shape index (κ1) is 20.8. The number of aromatic amines is 1. The average Bonchev–Trinajstić information content (AvgIpc) is 3.07. The number of hydrogen-bond donors (Lipinski definition) is 3. The molecular formula is C22H24F3N3O. The molecule has 0 fully saturated rings. The standard InChI is InChI=1S/C22H24F3N3O/c1-14(2)20(28-17-9-7-16(8-10-17)22(23,24)25)13-27-21(29)11-15-12-26-19-6-4-3-5-18(15)19/h3-10,12,14,20,26,28H,11,13H2,1-2H3,(H,27,29)/t20-/m0/s1. The number of H-pyrrole nitrogens is 1. The highest BCUT2D eigenvalue weighted by Gasteiger charge is 2.30. The zero-order chi connectivity index (χ0) is 21.0. The number of nitrogens with one attached hydrogen (secondary N) is 3. The molecule has 29 heavy (non-hydrogen) atoms. The van der Waals surface area contributed by atoms with E-state index >= 15 is 0 Å². The number of anilines is 1. The molecule has 3 aromatic rings. The molecular weight excluding hydrogens is 379 g/mol. The van der Waals surface area contributed by atoms with E-state index in [2.05, 4.69) is 15.6 Å². The second kappa shape index (κ2) is 8.59. The molecule has 3 rings (SSSR count). The molecule has 0 spiro atoms. The van der Waals surface area contributed by atoms with Gasteiger partial charge in [0, 0.05) is 35.4 Å². The first-order valence-electron chi connectivity index (χ1n) is 9.49. The second-order valence-electron chi connectivity index (χ2n) is 7.41. The number of carbonyl (C=O) groups is 1. The number of benzene rings is 2. The fraction of sp³-hybridized carbons (Fsp3) is 0.318. The minimum atomic E-state index is -4.35. The Labute approximate surface area is 167 Å². The van der Waals surface area contributed by atoms with Crippen molar-refractivity contribution >= 4 is 22.5 Å². The summed E-state index contributed by atoms with van der Waals surface area (Å²) in [5.74, 6) is 0.0697. The van der Waals surface area contributed by atoms with Gasteiger partial charge in [0.05, 0.1) is 12.0 Å². The van der Waals surface area contributed by atoms with Gasteiger partial charge >= 0.3 is 6.18 Å². The third-order valence-electron chi connectivity index (χ3n) is 4.91. The summed E-state index contributed by atoms with van der Waals surface area (Å²) in [7, 11) is 0. The predicted molar refractivity (Wildman–Crippen MR) is 109 cm³/mol. The molecule has 0 aliphatic carbocycles. The van der Waals surface area contributed by atoms with Gasteiger partial charge in [-0.2, -0.15) is 13.2 Å². The molecule has 0 aliphatic rings. The number of halogens is 3. The summed E-state index contributed by atoms with van der Waals surface area (Å²) in [6.07, 6.45) is -2.26. The van der Waals surface area contributed by atoms with Gasteiger partial charge in [0.1, 0.15) is 0 Å². The number of aromatic nitrogens is 1. The number of para-hydroxylation sites is 1. The molecule has 1 amide bonds. The molecule has 1 atom stereocenters. The van der Waals surface area contributed by atoms with Crippen LogP contribution in [0.4, 0.5) is 18.9 Å². The van der Waals surface area contributed by atoms with E-state index in [1.54, 1.807) is 0 Å². The zero-order valence-electron chi connectivity index (χ0n) is 16.3. The number of fused-ring (bicyclic) bond motifs is 1. The van der Waals surface area contributed by atoms with E-state index in [9.17, 15) is 18.0 Å². The van der Waals surface area contributed by atoms with Crippen LogP contribution in [0.15, 0.2) is 54.7 Å². The fourth-order valence-electron chi connectivity index (χ4n) is 3.16. The van der Waals surface area contributed by atoms with E-state index in [1.165, 1.54) is 12.1 Å². The smallest absolute Gasteiger partial charge is 0.380 e. The Morgan fingerprint density at radius 3 is 2.41 bits per heavy atom. The fourth-order valence-corrected chi connectivity index (χ4v) is 3.16. The van der Waals surface area contributed by atoms with Gasteiger partial charge in [0.15, 0.2) is 0 Å². The highest BCUT2D eigenvalue weighted by atomic mass is 19.4. The molecule has 3 N–H and O–H groups in total. The van der Waals surface area contributed by atoms with Crippen LogP contribution in [0.3, 0.4) is 0 Å². The Kier molecular flexibility index (Phi) is 6.15. The van der Waals surface area contributed by atoms with E-state index in [0.29, 0.717) is 12.2 Å². The third kappa shape index (κ3) is 5.31. The summed E-state index contributed by atoms with van der Waals surface area (Å²) in [4.78, 5) is 15.6. The predicted octanol–water partition coefficient (Wildman–Crippen LogP) is 4.98. The monoisotopic (exact) mass is 403 g/mol. The van der Waals surface area contributed by atoms with E-state index in [1.807, 2.05) is 44.3 Å². The maximum absolute atomic E-state index is 12.7. The molecule has 0 radical (unpaired) electrons. The average molecular weight is 403 g/mol. The topological polar surface area (TPSA) is 56.9 Å². The number of rotatable bonds is 7. The molecule has 0 saturated heterocycles. The summed E-state index contributed by atoms with van der Waals surface area (Å²) in [5, 5.41) is 7.16. The van der Waals surface area contributed by atoms with E-state index in [-0.39, 0.29) is 24.3 Å². The SMILES string of the molecule is CC(C)[C@H](CNC(=O)Cc1c[nH]c2ccccc12)Nc1ccc(C(F)(F)F)cc1. The van der Waals surface area contributed by atoms with Gasteiger partial charge in [-0.25, -0.2) is 0 Å². The van der Waals surface area contributed by atoms with Crippen molar-refractivity contribution in [2.24, 2.45) is 5.92 Å². The molecule has 0 unspecified atom stereocenters. The lowest BCUT2D eigenvalue weighted by Gasteiger charge is -2.24. The molecule has 4 nitrogen and oxygen atoms in total. The zero-order valence-corrected chi connectivity index (χ0v) is 16.3. The molecule has 154 valence electrons. The van der Waals surface area contributed by atoms with Crippen molar-refractivity contribution in [3.05, 3.63) is 65.9 Å². The Morgan fingerprint density at radius 2 is 1.76 bits per heavy atom. The number of hydrogen-bond acceptors (Lipinski definition) is 2. The van der Waals surface area contributed by atoms with Gasteiger partial charge in [0.25, 0.3) is 0 Å². The lowest BCUT2D eigenvalue weighted by atomic mass is 10.0. The van der Waals surface area contributed by atoms with E-state index in [0.717, 1.165) is 28.6 Å². The van der Waals surface area contributed by atoms with Crippen LogP contribution in [0.1, 0.15) is 25.0 Å². The summed E-state index contributed by atoms with van der Waals surface area (Å²) in [6.45, 7) is 4.36. The van der Waals surface area contributed by atoms with Crippen molar-refractivity contribution in [2.45, 2.75) is 32.5 Å². The van der Waals surface area contributed by atoms with Crippen LogP contribution in [-0.4, -0.2) is 23.5 Å². The molecule has 2 aromatic carbocycles. The first-order valence-corrected chi connectivity index (χ1v) is 9.49. The molecule has 0 aliphatic heterocycles. The van der Waals surface area contributed by atoms with Crippen LogP contribution in [-0.2, 0) is 17.4 Å². The Bertz CT molecular complexity index is 961. The van der Waals surface area contributed by atoms with Crippen molar-refractivity contribution in [3.8, 4) is 0 Å². The van der Waals surface area contributed by atoms with Crippen molar-refractivity contribution < 1.29 is 18.0 Å². The Hall–Kier alpha value is -2.96. The van der Waals surface area contributed by atoms with Gasteiger partial charge in [-0.1, -0.05) is 32.0 Å². The lowest BCUT2D eigenvalue weighted by Crippen LogP contribution is -2.40. The van der Waals surface area contributed by atoms with Gasteiger partial charge in [-0.3, -0.25) is 4.79 Å². The van der Waals surface area contributed by atoms with Crippen LogP contribution in [0.25, 0.3) is 10.9 Å². The Balaban J connectivity index is 1.58. The van der Waals surface area contributed by atoms with Crippen LogP contribution in [0.2, 0.25) is 0 Å². The van der Waals surface area contributed by atoms with Crippen LogP contribution < -0.4 is 10.6 Å². The highest BCUT2D eigenvalue weighted by Crippen LogP contribution is 2.30. The normalized spacial score (nSPS) is 12.9. The summed E-state index contributed by atoms with van der Waals surface area (Å²) >= 11 is 0. The van der Waals surface area contributed by atoms with Crippen molar-refractivity contribution in [2.75, 3.05) is 11.9 Å². The molecule has 0 saturated carbocycles. The molecule has 1 aromatic heterocycles. The third-order valence-corrected chi connectivity index (χ3v) is 4.91. The first-order chi connectivity index (χ1) is 13.7. The van der Waals surface area contributed by atoms with Gasteiger partial charge in [-0.15, -0.1) is 0 Å². The maximum atomic E-state index is 12.7. The van der Waals surface area contributed by atoms with E-state index < -0.39 is 11.7 Å². The molecule has 1 heterocycles. The summed E-state index contributed by atoms with van der Waals surface area (Å²) in [5.41, 5.74) is 1.81. The number of alkyl halides is 3. The number of carbonyl (C=O) groups excluding carboxylic acids is 1. The van der Waals surface area contributed by atoms with Gasteiger partial charge in [0.2, 0.25) is 5.91 Å². The second-order valence-corrected chi connectivity index (χ2v) is 7.41. The lowest BCUT2D eigenvalue weighted by molar-refractivity contribution is -0.137. The molecule has 0 bridgehead atoms. The van der Waals surface area contributed by atoms with E-state index in [4.69, 9.17) is 0 Å². The summed E-state index contributed by atoms with van der Waals surface area (Å²) < 4.78 is 38.1. The van der Waals surface area contributed by atoms with Crippen molar-refractivity contribution in [1.82, 2.24) is 10.3 Å². The van der Waals surface area contributed by atoms with Gasteiger partial charge < -0.3 is 15.6 Å². The van der Waals surface area contributed by atoms with Crippen LogP contribution in [0.5, 0.6) is 0 Å². The summed E-state index contributed by atoms with van der Waals surface area (Å²) in [6, 6.07) is 12.6. The Morgan fingerprint density at radius 1 is 1.07 bits per heavy atom. The number of amides is 1. The quantitative estimate of drug-likeness (QED) is 0.521. The van der Waals surface area contributed by atoms with Gasteiger partial charge in [-0.05, 0) is 41.8 Å². The van der Waals surface area contributed by atoms with Crippen molar-refractivity contribution in [3.63, 3.8) is 0 Å². The maximum Gasteiger partial charge on any atom is 0.416 e. The van der Waals surface area contributed by atoms with Crippen LogP contribution >= 0.6 is 0 Å². The molecule has 7 heteroatoms.